The number of phenolic OH excluding ortho intramolecular Hbond substituents is 2. The molecule has 9 nitrogen and oxygen atoms in total. The van der Waals surface area contributed by atoms with E-state index in [4.69, 9.17) is 5.11 Å². The van der Waals surface area contributed by atoms with Gasteiger partial charge in [-0.15, -0.1) is 0 Å². The first kappa shape index (κ1) is 26.9. The van der Waals surface area contributed by atoms with E-state index < -0.39 is 17.9 Å². The number of aromatic hydroxyl groups is 3. The van der Waals surface area contributed by atoms with E-state index in [9.17, 15) is 29.7 Å². The number of carboxylic acids is 1. The van der Waals surface area contributed by atoms with Crippen LogP contribution in [0.15, 0.2) is 72.8 Å². The number of hydrogen-bond acceptors (Lipinski definition) is 10. The molecule has 3 rings (SSSR count). The number of phenols is 3. The van der Waals surface area contributed by atoms with E-state index in [0.717, 1.165) is 0 Å². The first-order valence-electron chi connectivity index (χ1n) is 8.46. The molecular weight excluding hydrogens is 451 g/mol. The Morgan fingerprint density at radius 3 is 1.22 bits per heavy atom. The van der Waals surface area contributed by atoms with Crippen molar-refractivity contribution < 1.29 is 72.7 Å². The van der Waals surface area contributed by atoms with E-state index in [1.54, 1.807) is 30.3 Å². The standard InChI is InChI=1S/C14H10O6S.C7H6O3.Na/c15-11-7-3-1-5-9(11)13(17)19-21-20-14(18)10-6-2-4-8-12(10)16;8-6-4-2-1-3-5(6)7(9)10;/h1-8,15-16H;1-4,8H,(H,9,10);/q;;+1/p-1. The second kappa shape index (κ2) is 13.3. The largest absolute Gasteiger partial charge is 1.00 e. The molecule has 3 N–H and O–H groups in total. The molecule has 0 spiro atoms. The first-order valence-corrected chi connectivity index (χ1v) is 9.13. The zero-order valence-electron chi connectivity index (χ0n) is 16.6. The summed E-state index contributed by atoms with van der Waals surface area (Å²) >= 11 is 0.155. The molecule has 0 atom stereocenters. The van der Waals surface area contributed by atoms with Crippen molar-refractivity contribution in [2.45, 2.75) is 0 Å². The summed E-state index contributed by atoms with van der Waals surface area (Å²) in [5.74, 6) is -3.82. The minimum Gasteiger partial charge on any atom is -0.545 e. The molecular formula is C21H15NaO9S. The van der Waals surface area contributed by atoms with Gasteiger partial charge in [-0.3, -0.25) is 0 Å². The van der Waals surface area contributed by atoms with E-state index in [0.29, 0.717) is 0 Å². The number of rotatable bonds is 5. The van der Waals surface area contributed by atoms with Crippen LogP contribution < -0.4 is 34.7 Å². The molecule has 0 fully saturated rings. The molecule has 0 heterocycles. The molecule has 11 heteroatoms. The fraction of sp³-hybridized carbons (Fsp3) is 0. The summed E-state index contributed by atoms with van der Waals surface area (Å²) in [6, 6.07) is 17.2. The van der Waals surface area contributed by atoms with Crippen LogP contribution >= 0.6 is 12.3 Å². The summed E-state index contributed by atoms with van der Waals surface area (Å²) in [7, 11) is 0. The Kier molecular flexibility index (Phi) is 11.1. The van der Waals surface area contributed by atoms with E-state index in [-0.39, 0.29) is 75.8 Å². The van der Waals surface area contributed by atoms with Gasteiger partial charge in [-0.2, -0.15) is 0 Å². The van der Waals surface area contributed by atoms with Crippen molar-refractivity contribution in [3.8, 4) is 17.2 Å². The van der Waals surface area contributed by atoms with Gasteiger partial charge in [-0.25, -0.2) is 9.59 Å². The number of para-hydroxylation sites is 3. The fourth-order valence-corrected chi connectivity index (χ4v) is 2.44. The van der Waals surface area contributed by atoms with E-state index in [1.165, 1.54) is 42.5 Å². The average molecular weight is 466 g/mol. The van der Waals surface area contributed by atoms with Crippen molar-refractivity contribution in [1.82, 2.24) is 0 Å². The molecule has 0 amide bonds. The number of carbonyl (C=O) groups excluding carboxylic acids is 3. The first-order chi connectivity index (χ1) is 14.8. The van der Waals surface area contributed by atoms with Gasteiger partial charge in [0.05, 0.1) is 5.97 Å². The van der Waals surface area contributed by atoms with Crippen molar-refractivity contribution >= 4 is 30.2 Å². The van der Waals surface area contributed by atoms with Crippen LogP contribution in [0.2, 0.25) is 0 Å². The van der Waals surface area contributed by atoms with Crippen LogP contribution in [0.1, 0.15) is 31.1 Å². The van der Waals surface area contributed by atoms with Crippen LogP contribution in [0, 0.1) is 0 Å². The van der Waals surface area contributed by atoms with Crippen LogP contribution in [0.5, 0.6) is 17.2 Å². The maximum atomic E-state index is 11.6. The smallest absolute Gasteiger partial charge is 0.545 e. The molecule has 0 aliphatic carbocycles. The van der Waals surface area contributed by atoms with E-state index in [1.807, 2.05) is 0 Å². The topological polar surface area (TPSA) is 153 Å². The fourth-order valence-electron chi connectivity index (χ4n) is 2.11. The number of carboxylic acid groups (broad SMARTS) is 1. The molecule has 160 valence electrons. The van der Waals surface area contributed by atoms with Crippen LogP contribution in [-0.4, -0.2) is 33.2 Å². The van der Waals surface area contributed by atoms with E-state index >= 15 is 0 Å². The third kappa shape index (κ3) is 7.82. The Morgan fingerprint density at radius 1 is 0.625 bits per heavy atom. The van der Waals surface area contributed by atoms with Gasteiger partial charge >= 0.3 is 41.5 Å². The van der Waals surface area contributed by atoms with Crippen LogP contribution in [0.4, 0.5) is 0 Å². The van der Waals surface area contributed by atoms with Crippen molar-refractivity contribution in [1.29, 1.82) is 0 Å². The molecule has 32 heavy (non-hydrogen) atoms. The van der Waals surface area contributed by atoms with Gasteiger partial charge in [0.25, 0.3) is 12.3 Å². The predicted molar refractivity (Wildman–Crippen MR) is 107 cm³/mol. The minimum absolute atomic E-state index is 0. The number of hydrogen-bond donors (Lipinski definition) is 3. The summed E-state index contributed by atoms with van der Waals surface area (Å²) in [5, 5.41) is 37.9. The molecule has 0 unspecified atom stereocenters. The number of carbonyl (C=O) groups is 3. The molecule has 0 saturated carbocycles. The molecule has 0 aliphatic heterocycles. The maximum absolute atomic E-state index is 11.6. The second-order valence-electron chi connectivity index (χ2n) is 5.65. The van der Waals surface area contributed by atoms with Gasteiger partial charge in [-0.1, -0.05) is 36.4 Å². The molecule has 3 aromatic rings. The predicted octanol–water partition coefficient (Wildman–Crippen LogP) is -0.566. The number of benzene rings is 3. The van der Waals surface area contributed by atoms with Gasteiger partial charge in [0, 0.05) is 5.56 Å². The van der Waals surface area contributed by atoms with Crippen molar-refractivity contribution in [3.05, 3.63) is 89.5 Å². The van der Waals surface area contributed by atoms with Crippen LogP contribution in [-0.2, 0) is 8.37 Å². The quantitative estimate of drug-likeness (QED) is 0.329. The van der Waals surface area contributed by atoms with Crippen LogP contribution in [0.25, 0.3) is 0 Å². The Bertz CT molecular complexity index is 1030. The summed E-state index contributed by atoms with van der Waals surface area (Å²) in [6.07, 6.45) is 0. The van der Waals surface area contributed by atoms with E-state index in [2.05, 4.69) is 8.37 Å². The van der Waals surface area contributed by atoms with Gasteiger partial charge in [-0.05, 0) is 36.4 Å². The summed E-state index contributed by atoms with van der Waals surface area (Å²) < 4.78 is 9.27. The van der Waals surface area contributed by atoms with Gasteiger partial charge in [0.1, 0.15) is 28.4 Å². The molecule has 0 saturated heterocycles. The van der Waals surface area contributed by atoms with Gasteiger partial charge < -0.3 is 33.6 Å². The molecule has 3 aromatic carbocycles. The Labute approximate surface area is 208 Å². The Balaban J connectivity index is 0.000000393. The number of aromatic carboxylic acids is 1. The van der Waals surface area contributed by atoms with Crippen molar-refractivity contribution in [2.75, 3.05) is 0 Å². The maximum Gasteiger partial charge on any atom is 1.00 e. The monoisotopic (exact) mass is 466 g/mol. The summed E-state index contributed by atoms with van der Waals surface area (Å²) in [6.45, 7) is 0. The molecule has 0 radical (unpaired) electrons. The Hall–Kier alpha value is -3.18. The van der Waals surface area contributed by atoms with Gasteiger partial charge in [0.2, 0.25) is 0 Å². The normalized spacial score (nSPS) is 9.38. The van der Waals surface area contributed by atoms with Crippen molar-refractivity contribution in [2.24, 2.45) is 0 Å². The third-order valence-electron chi connectivity index (χ3n) is 3.59. The summed E-state index contributed by atoms with van der Waals surface area (Å²) in [4.78, 5) is 33.4. The SMILES string of the molecule is O=C(OSOC(=O)c1ccccc1O)c1ccccc1O.O=C([O-])c1ccccc1O.[Na+]. The molecule has 0 aliphatic rings. The van der Waals surface area contributed by atoms with Crippen molar-refractivity contribution in [3.63, 3.8) is 0 Å². The summed E-state index contributed by atoms with van der Waals surface area (Å²) in [5.41, 5.74) is -0.283. The molecule has 0 bridgehead atoms. The minimum atomic E-state index is -1.36. The average Bonchev–Trinajstić information content (AvgIpc) is 2.75. The Morgan fingerprint density at radius 2 is 0.938 bits per heavy atom. The zero-order valence-corrected chi connectivity index (χ0v) is 19.4. The second-order valence-corrected chi connectivity index (χ2v) is 6.12. The third-order valence-corrected chi connectivity index (χ3v) is 4.03. The van der Waals surface area contributed by atoms with Gasteiger partial charge in [0.15, 0.2) is 0 Å². The molecule has 0 aromatic heterocycles. The zero-order chi connectivity index (χ0) is 22.8. The van der Waals surface area contributed by atoms with Crippen LogP contribution in [0.3, 0.4) is 0 Å².